The third kappa shape index (κ3) is 5.99. The Morgan fingerprint density at radius 3 is 2.71 bits per heavy atom. The van der Waals surface area contributed by atoms with Crippen molar-refractivity contribution in [2.45, 2.75) is 11.3 Å². The van der Waals surface area contributed by atoms with Crippen molar-refractivity contribution in [2.75, 3.05) is 33.5 Å². The highest BCUT2D eigenvalue weighted by molar-refractivity contribution is 7.89. The van der Waals surface area contributed by atoms with Gasteiger partial charge in [0.15, 0.2) is 0 Å². The van der Waals surface area contributed by atoms with Crippen LogP contribution in [-0.4, -0.2) is 41.9 Å². The standard InChI is InChI=1S/C13H17ClN2O4S/c1-19-7-8-20-6-2-5-16-21(17,18)13-4-3-11(10-15)9-12(13)14/h3-4,9,16H,2,5-8H2,1H3. The Kier molecular flexibility index (Phi) is 7.64. The maximum absolute atomic E-state index is 12.0. The van der Waals surface area contributed by atoms with Gasteiger partial charge in [0.2, 0.25) is 10.0 Å². The van der Waals surface area contributed by atoms with Crippen LogP contribution in [0.4, 0.5) is 0 Å². The molecule has 0 fully saturated rings. The second-order valence-electron chi connectivity index (χ2n) is 4.11. The lowest BCUT2D eigenvalue weighted by atomic mass is 10.2. The van der Waals surface area contributed by atoms with E-state index >= 15 is 0 Å². The monoisotopic (exact) mass is 332 g/mol. The molecule has 0 aromatic heterocycles. The number of halogens is 1. The first-order valence-electron chi connectivity index (χ1n) is 6.27. The zero-order chi connectivity index (χ0) is 15.7. The molecule has 0 heterocycles. The number of methoxy groups -OCH3 is 1. The Balaban J connectivity index is 2.49. The van der Waals surface area contributed by atoms with Crippen molar-refractivity contribution < 1.29 is 17.9 Å². The van der Waals surface area contributed by atoms with Gasteiger partial charge >= 0.3 is 0 Å². The van der Waals surface area contributed by atoms with Gasteiger partial charge in [-0.3, -0.25) is 0 Å². The molecule has 0 aliphatic rings. The number of ether oxygens (including phenoxy) is 2. The first kappa shape index (κ1) is 17.9. The van der Waals surface area contributed by atoms with Crippen LogP contribution in [0.1, 0.15) is 12.0 Å². The Hall–Kier alpha value is -1.17. The number of rotatable bonds is 9. The molecule has 8 heteroatoms. The molecule has 0 bridgehead atoms. The van der Waals surface area contributed by atoms with Gasteiger partial charge in [-0.1, -0.05) is 11.6 Å². The zero-order valence-electron chi connectivity index (χ0n) is 11.6. The second kappa shape index (κ2) is 8.97. The van der Waals surface area contributed by atoms with Crippen LogP contribution in [0.3, 0.4) is 0 Å². The highest BCUT2D eigenvalue weighted by Crippen LogP contribution is 2.22. The fourth-order valence-corrected chi connectivity index (χ4v) is 3.11. The first-order chi connectivity index (χ1) is 10.0. The van der Waals surface area contributed by atoms with Crippen molar-refractivity contribution in [2.24, 2.45) is 0 Å². The normalized spacial score (nSPS) is 11.3. The Morgan fingerprint density at radius 1 is 1.33 bits per heavy atom. The maximum atomic E-state index is 12.0. The summed E-state index contributed by atoms with van der Waals surface area (Å²) in [7, 11) is -2.10. The summed E-state index contributed by atoms with van der Waals surface area (Å²) < 4.78 is 36.6. The SMILES string of the molecule is COCCOCCCNS(=O)(=O)c1ccc(C#N)cc1Cl. The molecule has 0 amide bonds. The van der Waals surface area contributed by atoms with Gasteiger partial charge in [0.1, 0.15) is 4.90 Å². The van der Waals surface area contributed by atoms with Crippen LogP contribution in [-0.2, 0) is 19.5 Å². The maximum Gasteiger partial charge on any atom is 0.242 e. The number of benzene rings is 1. The lowest BCUT2D eigenvalue weighted by Gasteiger charge is -2.08. The van der Waals surface area contributed by atoms with Crippen molar-refractivity contribution in [1.82, 2.24) is 4.72 Å². The number of nitrogens with zero attached hydrogens (tertiary/aromatic N) is 1. The lowest BCUT2D eigenvalue weighted by Crippen LogP contribution is -2.26. The van der Waals surface area contributed by atoms with E-state index in [1.54, 1.807) is 7.11 Å². The summed E-state index contributed by atoms with van der Waals surface area (Å²) in [6, 6.07) is 5.95. The van der Waals surface area contributed by atoms with Gasteiger partial charge in [0.25, 0.3) is 0 Å². The van der Waals surface area contributed by atoms with Gasteiger partial charge in [0, 0.05) is 20.3 Å². The van der Waals surface area contributed by atoms with Crippen molar-refractivity contribution in [1.29, 1.82) is 5.26 Å². The van der Waals surface area contributed by atoms with Gasteiger partial charge in [-0.25, -0.2) is 13.1 Å². The number of sulfonamides is 1. The molecule has 0 saturated carbocycles. The van der Waals surface area contributed by atoms with E-state index in [1.807, 2.05) is 6.07 Å². The zero-order valence-corrected chi connectivity index (χ0v) is 13.2. The Labute approximate surface area is 129 Å². The van der Waals surface area contributed by atoms with E-state index in [0.29, 0.717) is 31.8 Å². The predicted octanol–water partition coefficient (Wildman–Crippen LogP) is 1.54. The molecule has 1 rings (SSSR count). The summed E-state index contributed by atoms with van der Waals surface area (Å²) in [5.74, 6) is 0. The summed E-state index contributed by atoms with van der Waals surface area (Å²) in [5.41, 5.74) is 0.311. The van der Waals surface area contributed by atoms with Crippen LogP contribution in [0.2, 0.25) is 5.02 Å². The van der Waals surface area contributed by atoms with E-state index in [0.717, 1.165) is 0 Å². The Bertz CT molecular complexity index is 599. The van der Waals surface area contributed by atoms with Crippen LogP contribution in [0.25, 0.3) is 0 Å². The molecule has 1 aromatic rings. The Morgan fingerprint density at radius 2 is 2.10 bits per heavy atom. The summed E-state index contributed by atoms with van der Waals surface area (Å²) in [6.07, 6.45) is 0.539. The van der Waals surface area contributed by atoms with E-state index in [-0.39, 0.29) is 16.5 Å². The van der Waals surface area contributed by atoms with Crippen molar-refractivity contribution in [3.8, 4) is 6.07 Å². The van der Waals surface area contributed by atoms with Gasteiger partial charge in [0.05, 0.1) is 29.9 Å². The topological polar surface area (TPSA) is 88.4 Å². The van der Waals surface area contributed by atoms with Crippen LogP contribution >= 0.6 is 11.6 Å². The van der Waals surface area contributed by atoms with Gasteiger partial charge in [-0.05, 0) is 24.6 Å². The van der Waals surface area contributed by atoms with E-state index in [2.05, 4.69) is 4.72 Å². The van der Waals surface area contributed by atoms with Crippen molar-refractivity contribution >= 4 is 21.6 Å². The molecular weight excluding hydrogens is 316 g/mol. The second-order valence-corrected chi connectivity index (χ2v) is 6.26. The van der Waals surface area contributed by atoms with Crippen molar-refractivity contribution in [3.63, 3.8) is 0 Å². The van der Waals surface area contributed by atoms with Crippen LogP contribution < -0.4 is 4.72 Å². The summed E-state index contributed by atoms with van der Waals surface area (Å²) >= 11 is 5.88. The predicted molar refractivity (Wildman–Crippen MR) is 78.7 cm³/mol. The van der Waals surface area contributed by atoms with Crippen molar-refractivity contribution in [3.05, 3.63) is 28.8 Å². The summed E-state index contributed by atoms with van der Waals surface area (Å²) in [5, 5.41) is 8.75. The number of nitriles is 1. The molecule has 0 aliphatic heterocycles. The minimum Gasteiger partial charge on any atom is -0.382 e. The van der Waals surface area contributed by atoms with Crippen LogP contribution in [0.5, 0.6) is 0 Å². The quantitative estimate of drug-likeness (QED) is 0.693. The molecule has 0 atom stereocenters. The minimum absolute atomic E-state index is 0.0258. The van der Waals surface area contributed by atoms with E-state index in [4.69, 9.17) is 26.3 Å². The molecule has 116 valence electrons. The average Bonchev–Trinajstić information content (AvgIpc) is 2.45. The minimum atomic E-state index is -3.68. The molecule has 0 radical (unpaired) electrons. The third-order valence-electron chi connectivity index (χ3n) is 2.54. The van der Waals surface area contributed by atoms with E-state index < -0.39 is 10.0 Å². The molecule has 21 heavy (non-hydrogen) atoms. The van der Waals surface area contributed by atoms with Gasteiger partial charge < -0.3 is 9.47 Å². The fraction of sp³-hybridized carbons (Fsp3) is 0.462. The molecule has 0 unspecified atom stereocenters. The number of hydrogen-bond donors (Lipinski definition) is 1. The molecular formula is C13H17ClN2O4S. The molecule has 0 aliphatic carbocycles. The van der Waals surface area contributed by atoms with Crippen LogP contribution in [0.15, 0.2) is 23.1 Å². The molecule has 0 spiro atoms. The highest BCUT2D eigenvalue weighted by atomic mass is 35.5. The lowest BCUT2D eigenvalue weighted by molar-refractivity contribution is 0.0699. The first-order valence-corrected chi connectivity index (χ1v) is 8.13. The smallest absolute Gasteiger partial charge is 0.242 e. The van der Waals surface area contributed by atoms with Gasteiger partial charge in [-0.15, -0.1) is 0 Å². The highest BCUT2D eigenvalue weighted by Gasteiger charge is 2.17. The molecule has 0 saturated heterocycles. The summed E-state index contributed by atoms with van der Waals surface area (Å²) in [4.78, 5) is -0.0385. The largest absolute Gasteiger partial charge is 0.382 e. The fourth-order valence-electron chi connectivity index (χ4n) is 1.49. The third-order valence-corrected chi connectivity index (χ3v) is 4.48. The molecule has 6 nitrogen and oxygen atoms in total. The summed E-state index contributed by atoms with van der Waals surface area (Å²) in [6.45, 7) is 1.66. The average molecular weight is 333 g/mol. The van der Waals surface area contributed by atoms with E-state index in [1.165, 1.54) is 18.2 Å². The van der Waals surface area contributed by atoms with Gasteiger partial charge in [-0.2, -0.15) is 5.26 Å². The van der Waals surface area contributed by atoms with Crippen LogP contribution in [0, 0.1) is 11.3 Å². The number of hydrogen-bond acceptors (Lipinski definition) is 5. The molecule has 1 aromatic carbocycles. The molecule has 1 N–H and O–H groups in total. The number of nitrogens with one attached hydrogen (secondary N) is 1. The van der Waals surface area contributed by atoms with E-state index in [9.17, 15) is 8.42 Å².